The number of H-pyrrole nitrogens is 1. The first-order chi connectivity index (χ1) is 10.9. The fourth-order valence-electron chi connectivity index (χ4n) is 2.17. The molecule has 0 saturated heterocycles. The maximum Gasteiger partial charge on any atom is 0.251 e. The lowest BCUT2D eigenvalue weighted by Gasteiger charge is -2.05. The first kappa shape index (κ1) is 15.2. The van der Waals surface area contributed by atoms with E-state index < -0.39 is 15.9 Å². The standard InChI is InChI=1S/C15H14N4O3S/c16-23(21,22)11-5-3-4-10(8-11)15(20)17-9-14-18-12-6-1-2-7-13(12)19-14/h1-8H,9H2,(H,17,20)(H,18,19)(H2,16,21,22). The van der Waals surface area contributed by atoms with Crippen molar-refractivity contribution in [2.75, 3.05) is 0 Å². The third kappa shape index (κ3) is 3.38. The van der Waals surface area contributed by atoms with Gasteiger partial charge < -0.3 is 10.3 Å². The molecule has 1 aromatic heterocycles. The number of amides is 1. The number of aromatic amines is 1. The van der Waals surface area contributed by atoms with Crippen molar-refractivity contribution in [1.82, 2.24) is 15.3 Å². The van der Waals surface area contributed by atoms with Crippen molar-refractivity contribution in [3.8, 4) is 0 Å². The van der Waals surface area contributed by atoms with Crippen LogP contribution in [0.1, 0.15) is 16.2 Å². The van der Waals surface area contributed by atoms with E-state index in [0.717, 1.165) is 11.0 Å². The van der Waals surface area contributed by atoms with Crippen LogP contribution < -0.4 is 10.5 Å². The number of carbonyl (C=O) groups is 1. The summed E-state index contributed by atoms with van der Waals surface area (Å²) < 4.78 is 22.6. The Labute approximate surface area is 132 Å². The highest BCUT2D eigenvalue weighted by molar-refractivity contribution is 7.89. The number of primary sulfonamides is 1. The van der Waals surface area contributed by atoms with Gasteiger partial charge in [-0.2, -0.15) is 0 Å². The summed E-state index contributed by atoms with van der Waals surface area (Å²) in [6.07, 6.45) is 0. The molecular weight excluding hydrogens is 316 g/mol. The van der Waals surface area contributed by atoms with Gasteiger partial charge in [0.1, 0.15) is 5.82 Å². The molecule has 0 bridgehead atoms. The van der Waals surface area contributed by atoms with Gasteiger partial charge in [0.05, 0.1) is 22.5 Å². The number of nitrogens with two attached hydrogens (primary N) is 1. The molecule has 118 valence electrons. The molecule has 0 spiro atoms. The molecule has 8 heteroatoms. The van der Waals surface area contributed by atoms with Crippen LogP contribution in [-0.4, -0.2) is 24.3 Å². The summed E-state index contributed by atoms with van der Waals surface area (Å²) >= 11 is 0. The van der Waals surface area contributed by atoms with Gasteiger partial charge in [-0.25, -0.2) is 18.5 Å². The Morgan fingerprint density at radius 1 is 1.17 bits per heavy atom. The Hall–Kier alpha value is -2.71. The molecule has 7 nitrogen and oxygen atoms in total. The quantitative estimate of drug-likeness (QED) is 0.664. The second kappa shape index (κ2) is 5.82. The van der Waals surface area contributed by atoms with Gasteiger partial charge in [-0.3, -0.25) is 4.79 Å². The predicted molar refractivity (Wildman–Crippen MR) is 85.1 cm³/mol. The summed E-state index contributed by atoms with van der Waals surface area (Å²) in [6, 6.07) is 13.1. The number of para-hydroxylation sites is 2. The molecule has 2 aromatic carbocycles. The second-order valence-corrected chi connectivity index (χ2v) is 6.52. The van der Waals surface area contributed by atoms with Crippen molar-refractivity contribution in [2.24, 2.45) is 5.14 Å². The molecular formula is C15H14N4O3S. The minimum atomic E-state index is -3.84. The molecule has 0 atom stereocenters. The Kier molecular flexibility index (Phi) is 3.85. The van der Waals surface area contributed by atoms with Crippen molar-refractivity contribution < 1.29 is 13.2 Å². The Morgan fingerprint density at radius 3 is 2.70 bits per heavy atom. The number of hydrogen-bond acceptors (Lipinski definition) is 4. The molecule has 0 radical (unpaired) electrons. The number of benzene rings is 2. The second-order valence-electron chi connectivity index (χ2n) is 4.96. The minimum absolute atomic E-state index is 0.103. The first-order valence-corrected chi connectivity index (χ1v) is 8.33. The van der Waals surface area contributed by atoms with Crippen LogP contribution in [0.25, 0.3) is 11.0 Å². The van der Waals surface area contributed by atoms with Gasteiger partial charge in [0.25, 0.3) is 5.91 Å². The molecule has 4 N–H and O–H groups in total. The van der Waals surface area contributed by atoms with Gasteiger partial charge in [-0.1, -0.05) is 18.2 Å². The Morgan fingerprint density at radius 2 is 1.96 bits per heavy atom. The zero-order chi connectivity index (χ0) is 16.4. The highest BCUT2D eigenvalue weighted by Crippen LogP contribution is 2.11. The molecule has 0 aliphatic heterocycles. The largest absolute Gasteiger partial charge is 0.345 e. The van der Waals surface area contributed by atoms with E-state index in [4.69, 9.17) is 5.14 Å². The van der Waals surface area contributed by atoms with Crippen molar-refractivity contribution in [3.63, 3.8) is 0 Å². The summed E-state index contributed by atoms with van der Waals surface area (Å²) in [5, 5.41) is 7.75. The summed E-state index contributed by atoms with van der Waals surface area (Å²) in [5.74, 6) is 0.207. The highest BCUT2D eigenvalue weighted by Gasteiger charge is 2.12. The molecule has 3 rings (SSSR count). The summed E-state index contributed by atoms with van der Waals surface area (Å²) in [4.78, 5) is 19.5. The van der Waals surface area contributed by atoms with E-state index in [-0.39, 0.29) is 17.0 Å². The third-order valence-corrected chi connectivity index (χ3v) is 4.19. The molecule has 23 heavy (non-hydrogen) atoms. The van der Waals surface area contributed by atoms with E-state index in [9.17, 15) is 13.2 Å². The average molecular weight is 330 g/mol. The lowest BCUT2D eigenvalue weighted by atomic mass is 10.2. The van der Waals surface area contributed by atoms with Crippen LogP contribution in [-0.2, 0) is 16.6 Å². The van der Waals surface area contributed by atoms with Crippen molar-refractivity contribution in [2.45, 2.75) is 11.4 Å². The smallest absolute Gasteiger partial charge is 0.251 e. The predicted octanol–water partition coefficient (Wildman–Crippen LogP) is 1.14. The zero-order valence-corrected chi connectivity index (χ0v) is 12.8. The van der Waals surface area contributed by atoms with Gasteiger partial charge in [0.15, 0.2) is 0 Å². The van der Waals surface area contributed by atoms with E-state index in [1.54, 1.807) is 0 Å². The van der Waals surface area contributed by atoms with Crippen LogP contribution in [0.4, 0.5) is 0 Å². The molecule has 0 saturated carbocycles. The molecule has 1 amide bonds. The molecule has 3 aromatic rings. The van der Waals surface area contributed by atoms with Crippen LogP contribution in [0, 0.1) is 0 Å². The number of sulfonamides is 1. The number of hydrogen-bond donors (Lipinski definition) is 3. The minimum Gasteiger partial charge on any atom is -0.345 e. The van der Waals surface area contributed by atoms with Crippen molar-refractivity contribution in [1.29, 1.82) is 0 Å². The molecule has 0 fully saturated rings. The lowest BCUT2D eigenvalue weighted by molar-refractivity contribution is 0.0950. The third-order valence-electron chi connectivity index (χ3n) is 3.28. The lowest BCUT2D eigenvalue weighted by Crippen LogP contribution is -2.24. The Bertz CT molecular complexity index is 946. The van der Waals surface area contributed by atoms with Crippen LogP contribution in [0.5, 0.6) is 0 Å². The van der Waals surface area contributed by atoms with E-state index in [2.05, 4.69) is 15.3 Å². The summed E-state index contributed by atoms with van der Waals surface area (Å²) in [6.45, 7) is 0.202. The highest BCUT2D eigenvalue weighted by atomic mass is 32.2. The summed E-state index contributed by atoms with van der Waals surface area (Å²) in [7, 11) is -3.84. The van der Waals surface area contributed by atoms with Gasteiger partial charge >= 0.3 is 0 Å². The molecule has 0 unspecified atom stereocenters. The number of nitrogens with zero attached hydrogens (tertiary/aromatic N) is 1. The number of imidazole rings is 1. The van der Waals surface area contributed by atoms with Gasteiger partial charge in [-0.15, -0.1) is 0 Å². The number of aromatic nitrogens is 2. The SMILES string of the molecule is NS(=O)(=O)c1cccc(C(=O)NCc2nc3ccccc3[nH]2)c1. The normalized spacial score (nSPS) is 11.5. The van der Waals surface area contributed by atoms with E-state index in [0.29, 0.717) is 5.82 Å². The maximum absolute atomic E-state index is 12.1. The Balaban J connectivity index is 1.74. The number of fused-ring (bicyclic) bond motifs is 1. The summed E-state index contributed by atoms with van der Waals surface area (Å²) in [5.41, 5.74) is 1.91. The van der Waals surface area contributed by atoms with Crippen LogP contribution in [0.15, 0.2) is 53.4 Å². The van der Waals surface area contributed by atoms with E-state index in [1.165, 1.54) is 24.3 Å². The number of carbonyl (C=O) groups excluding carboxylic acids is 1. The fourth-order valence-corrected chi connectivity index (χ4v) is 2.73. The average Bonchev–Trinajstić information content (AvgIpc) is 2.95. The molecule has 1 heterocycles. The van der Waals surface area contributed by atoms with Gasteiger partial charge in [0, 0.05) is 5.56 Å². The zero-order valence-electron chi connectivity index (χ0n) is 12.0. The van der Waals surface area contributed by atoms with Crippen molar-refractivity contribution in [3.05, 3.63) is 59.9 Å². The molecule has 0 aliphatic carbocycles. The fraction of sp³-hybridized carbons (Fsp3) is 0.0667. The number of nitrogens with one attached hydrogen (secondary N) is 2. The van der Waals surface area contributed by atoms with E-state index >= 15 is 0 Å². The van der Waals surface area contributed by atoms with E-state index in [1.807, 2.05) is 24.3 Å². The number of rotatable bonds is 4. The topological polar surface area (TPSA) is 118 Å². The monoisotopic (exact) mass is 330 g/mol. The van der Waals surface area contributed by atoms with Crippen LogP contribution in [0.3, 0.4) is 0 Å². The van der Waals surface area contributed by atoms with Crippen LogP contribution >= 0.6 is 0 Å². The van der Waals surface area contributed by atoms with Crippen molar-refractivity contribution >= 4 is 27.0 Å². The van der Waals surface area contributed by atoms with Gasteiger partial charge in [0.2, 0.25) is 10.0 Å². The maximum atomic E-state index is 12.1. The van der Waals surface area contributed by atoms with Crippen LogP contribution in [0.2, 0.25) is 0 Å². The van der Waals surface area contributed by atoms with Gasteiger partial charge in [-0.05, 0) is 30.3 Å². The molecule has 0 aliphatic rings. The first-order valence-electron chi connectivity index (χ1n) is 6.78.